The van der Waals surface area contributed by atoms with Crippen LogP contribution < -0.4 is 18.9 Å². The van der Waals surface area contributed by atoms with Crippen LogP contribution >= 0.6 is 0 Å². The molecule has 0 aliphatic carbocycles. The van der Waals surface area contributed by atoms with E-state index in [0.29, 0.717) is 0 Å². The average molecular weight is 633 g/mol. The van der Waals surface area contributed by atoms with Gasteiger partial charge in [-0.05, 0) is 95.1 Å². The van der Waals surface area contributed by atoms with Gasteiger partial charge in [0.1, 0.15) is 0 Å². The molecular weight excluding hydrogens is 608 g/mol. The smallest absolute Gasteiger partial charge is 0.343 e. The Labute approximate surface area is 274 Å². The molecule has 0 atom stereocenters. The highest BCUT2D eigenvalue weighted by Crippen LogP contribution is 2.31. The Morgan fingerprint density at radius 3 is 0.583 bits per heavy atom. The van der Waals surface area contributed by atoms with Crippen molar-refractivity contribution in [2.24, 2.45) is 0 Å². The molecule has 0 N–H and O–H groups in total. The molecule has 7 aliphatic heterocycles. The van der Waals surface area contributed by atoms with Crippen molar-refractivity contribution >= 4 is 23.9 Å². The van der Waals surface area contributed by atoms with E-state index in [1.807, 2.05) is 0 Å². The summed E-state index contributed by atoms with van der Waals surface area (Å²) in [4.78, 5) is 52.1. The molecule has 0 fully saturated rings. The minimum Gasteiger partial charge on any atom is -0.419 e. The van der Waals surface area contributed by atoms with Crippen LogP contribution in [0.25, 0.3) is 22.3 Å². The Balaban J connectivity index is 1.23. The first-order valence-corrected chi connectivity index (χ1v) is 14.9. The van der Waals surface area contributed by atoms with Crippen LogP contribution in [0.3, 0.4) is 0 Å². The monoisotopic (exact) mass is 632 g/mol. The van der Waals surface area contributed by atoms with Crippen molar-refractivity contribution in [1.82, 2.24) is 0 Å². The summed E-state index contributed by atoms with van der Waals surface area (Å²) in [6, 6.07) is 39.9. The molecule has 0 aromatic heterocycles. The first kappa shape index (κ1) is 29.9. The highest BCUT2D eigenvalue weighted by molar-refractivity contribution is 5.95. The summed E-state index contributed by atoms with van der Waals surface area (Å²) >= 11 is 0. The first-order chi connectivity index (χ1) is 23.4. The minimum absolute atomic E-state index is 0.0911. The molecule has 0 saturated carbocycles. The topological polar surface area (TPSA) is 105 Å². The second kappa shape index (κ2) is 12.9. The molecule has 0 unspecified atom stereocenters. The van der Waals surface area contributed by atoms with Crippen LogP contribution in [0, 0.1) is 0 Å². The number of carbonyl (C=O) groups is 4. The number of hydrogen-bond acceptors (Lipinski definition) is 8. The van der Waals surface area contributed by atoms with E-state index in [1.54, 1.807) is 146 Å². The van der Waals surface area contributed by atoms with Crippen molar-refractivity contribution in [3.05, 3.63) is 168 Å². The zero-order chi connectivity index (χ0) is 33.0. The second-order valence-electron chi connectivity index (χ2n) is 10.8. The van der Waals surface area contributed by atoms with Crippen LogP contribution in [0.5, 0.6) is 23.0 Å². The molecular formula is C40H24O8. The lowest BCUT2D eigenvalue weighted by atomic mass is 10.0. The summed E-state index contributed by atoms with van der Waals surface area (Å²) < 4.78 is 22.4. The highest BCUT2D eigenvalue weighted by Gasteiger charge is 2.19. The van der Waals surface area contributed by atoms with Crippen molar-refractivity contribution in [2.45, 2.75) is 0 Å². The number of rotatable bonds is 0. The predicted molar refractivity (Wildman–Crippen MR) is 176 cm³/mol. The third-order valence-corrected chi connectivity index (χ3v) is 7.66. The lowest BCUT2D eigenvalue weighted by Crippen LogP contribution is -2.13. The normalized spacial score (nSPS) is 13.0. The van der Waals surface area contributed by atoms with Crippen LogP contribution in [0.2, 0.25) is 0 Å². The van der Waals surface area contributed by atoms with E-state index in [-0.39, 0.29) is 45.3 Å². The molecule has 48 heavy (non-hydrogen) atoms. The SMILES string of the molecule is O=C1Oc2ccccc2OC(=O)c2ccc(cc2)-c2ccc(cc2)C(=O)Oc2ccccc2OC(=O)c2ccc(cc2)-c2ccc1cc2. The van der Waals surface area contributed by atoms with Gasteiger partial charge in [-0.25, -0.2) is 19.2 Å². The van der Waals surface area contributed by atoms with E-state index < -0.39 is 23.9 Å². The van der Waals surface area contributed by atoms with Crippen molar-refractivity contribution in [3.63, 3.8) is 0 Å². The molecule has 6 aromatic carbocycles. The molecule has 0 saturated heterocycles. The third kappa shape index (κ3) is 6.31. The highest BCUT2D eigenvalue weighted by atomic mass is 16.6. The van der Waals surface area contributed by atoms with Crippen molar-refractivity contribution in [1.29, 1.82) is 0 Å². The lowest BCUT2D eigenvalue weighted by Gasteiger charge is -2.12. The largest absolute Gasteiger partial charge is 0.419 e. The zero-order valence-electron chi connectivity index (χ0n) is 25.1. The van der Waals surface area contributed by atoms with Crippen molar-refractivity contribution in [2.75, 3.05) is 0 Å². The van der Waals surface area contributed by atoms with Crippen molar-refractivity contribution in [3.8, 4) is 45.3 Å². The van der Waals surface area contributed by atoms with Gasteiger partial charge in [0.05, 0.1) is 22.3 Å². The van der Waals surface area contributed by atoms with Crippen LogP contribution in [0.15, 0.2) is 146 Å². The van der Waals surface area contributed by atoms with E-state index in [0.717, 1.165) is 22.3 Å². The number of benzene rings is 6. The molecule has 8 bridgehead atoms. The Morgan fingerprint density at radius 2 is 0.396 bits per heavy atom. The standard InChI is InChI=1S/C40H24O8/c41-37-29-17-9-25(10-18-29)27-13-21-31(22-14-27)39(43)47-35-7-3-4-8-36(35)48-40(44)32-23-15-28(16-24-32)26-11-19-30(20-12-26)38(42)46-34-6-2-1-5-33(34)45-37/h1-24H. The summed E-state index contributed by atoms with van der Waals surface area (Å²) in [6.07, 6.45) is 0. The molecule has 8 nitrogen and oxygen atoms in total. The van der Waals surface area contributed by atoms with Gasteiger partial charge in [0.15, 0.2) is 23.0 Å². The number of carbonyl (C=O) groups excluding carboxylic acids is 4. The summed E-state index contributed by atoms with van der Waals surface area (Å²) in [6.45, 7) is 0. The van der Waals surface area contributed by atoms with Gasteiger partial charge in [-0.15, -0.1) is 0 Å². The molecule has 232 valence electrons. The Hall–Kier alpha value is -6.80. The van der Waals surface area contributed by atoms with E-state index >= 15 is 0 Å². The fraction of sp³-hybridized carbons (Fsp3) is 0. The fourth-order valence-corrected chi connectivity index (χ4v) is 5.07. The van der Waals surface area contributed by atoms with Crippen LogP contribution in [-0.2, 0) is 0 Å². The lowest BCUT2D eigenvalue weighted by molar-refractivity contribution is 0.0682. The van der Waals surface area contributed by atoms with Gasteiger partial charge in [-0.3, -0.25) is 0 Å². The van der Waals surface area contributed by atoms with E-state index in [4.69, 9.17) is 18.9 Å². The first-order valence-electron chi connectivity index (χ1n) is 14.9. The summed E-state index contributed by atoms with van der Waals surface area (Å²) in [5.41, 5.74) is 4.34. The molecule has 7 heterocycles. The Kier molecular flexibility index (Phi) is 8.03. The summed E-state index contributed by atoms with van der Waals surface area (Å²) in [5.74, 6) is -2.14. The average Bonchev–Trinajstić information content (AvgIpc) is 3.13. The number of para-hydroxylation sites is 4. The Bertz CT molecular complexity index is 1850. The molecule has 0 spiro atoms. The van der Waals surface area contributed by atoms with Gasteiger partial charge in [0, 0.05) is 0 Å². The molecule has 8 heteroatoms. The van der Waals surface area contributed by atoms with Gasteiger partial charge < -0.3 is 18.9 Å². The summed E-state index contributed by atoms with van der Waals surface area (Å²) in [7, 11) is 0. The zero-order valence-corrected chi connectivity index (χ0v) is 25.1. The third-order valence-electron chi connectivity index (χ3n) is 7.66. The van der Waals surface area contributed by atoms with Crippen LogP contribution in [0.4, 0.5) is 0 Å². The maximum absolute atomic E-state index is 13.0. The number of ether oxygens (including phenoxy) is 4. The molecule has 0 radical (unpaired) electrons. The van der Waals surface area contributed by atoms with E-state index in [1.165, 1.54) is 0 Å². The van der Waals surface area contributed by atoms with Gasteiger partial charge >= 0.3 is 23.9 Å². The van der Waals surface area contributed by atoms with E-state index in [2.05, 4.69) is 0 Å². The quantitative estimate of drug-likeness (QED) is 0.122. The van der Waals surface area contributed by atoms with Gasteiger partial charge in [0.25, 0.3) is 0 Å². The molecule has 13 rings (SSSR count). The van der Waals surface area contributed by atoms with Gasteiger partial charge in [-0.1, -0.05) is 72.8 Å². The summed E-state index contributed by atoms with van der Waals surface area (Å²) in [5, 5.41) is 0. The molecule has 6 aromatic rings. The van der Waals surface area contributed by atoms with E-state index in [9.17, 15) is 19.2 Å². The Morgan fingerprint density at radius 1 is 0.229 bits per heavy atom. The minimum atomic E-state index is -0.627. The maximum atomic E-state index is 13.0. The number of hydrogen-bond donors (Lipinski definition) is 0. The predicted octanol–water partition coefficient (Wildman–Crippen LogP) is 8.21. The van der Waals surface area contributed by atoms with Crippen LogP contribution in [0.1, 0.15) is 41.4 Å². The fourth-order valence-electron chi connectivity index (χ4n) is 5.07. The van der Waals surface area contributed by atoms with Crippen molar-refractivity contribution < 1.29 is 38.1 Å². The van der Waals surface area contributed by atoms with Crippen LogP contribution in [-0.4, -0.2) is 23.9 Å². The van der Waals surface area contributed by atoms with Gasteiger partial charge in [-0.2, -0.15) is 0 Å². The molecule has 0 amide bonds. The molecule has 7 aliphatic rings. The second-order valence-corrected chi connectivity index (χ2v) is 10.8. The van der Waals surface area contributed by atoms with Gasteiger partial charge in [0.2, 0.25) is 0 Å². The number of esters is 4. The maximum Gasteiger partial charge on any atom is 0.343 e.